The highest BCUT2D eigenvalue weighted by Gasteiger charge is 2.18. The molecule has 0 aromatic heterocycles. The van der Waals surface area contributed by atoms with Crippen molar-refractivity contribution in [1.82, 2.24) is 5.32 Å². The topological polar surface area (TPSA) is 12.0 Å². The molecule has 1 aliphatic rings. The highest BCUT2D eigenvalue weighted by molar-refractivity contribution is 7.99. The number of thioether (sulfide) groups is 1. The van der Waals surface area contributed by atoms with Gasteiger partial charge in [-0.2, -0.15) is 11.8 Å². The molecule has 1 saturated carbocycles. The summed E-state index contributed by atoms with van der Waals surface area (Å²) >= 11 is 2.23. The van der Waals surface area contributed by atoms with Crippen LogP contribution in [0.4, 0.5) is 0 Å². The van der Waals surface area contributed by atoms with Crippen molar-refractivity contribution in [3.8, 4) is 0 Å². The first kappa shape index (κ1) is 14.4. The summed E-state index contributed by atoms with van der Waals surface area (Å²) in [5, 5.41) is 4.45. The van der Waals surface area contributed by atoms with Gasteiger partial charge in [0.1, 0.15) is 0 Å². The summed E-state index contributed by atoms with van der Waals surface area (Å²) in [4.78, 5) is 0. The fourth-order valence-electron chi connectivity index (χ4n) is 2.62. The number of hydrogen-bond acceptors (Lipinski definition) is 2. The Balaban J connectivity index is 1.98. The molecule has 1 rings (SSSR count). The van der Waals surface area contributed by atoms with Crippen LogP contribution in [0.5, 0.6) is 0 Å². The van der Waals surface area contributed by atoms with Gasteiger partial charge in [0.2, 0.25) is 0 Å². The lowest BCUT2D eigenvalue weighted by atomic mass is 9.91. The van der Waals surface area contributed by atoms with Crippen molar-refractivity contribution < 1.29 is 0 Å². The lowest BCUT2D eigenvalue weighted by molar-refractivity contribution is 0.394. The van der Waals surface area contributed by atoms with Crippen LogP contribution in [0.3, 0.4) is 0 Å². The molecule has 1 fully saturated rings. The monoisotopic (exact) mass is 243 g/mol. The average Bonchev–Trinajstić information content (AvgIpc) is 2.25. The van der Waals surface area contributed by atoms with Crippen LogP contribution in [-0.2, 0) is 0 Å². The Hall–Kier alpha value is 0.310. The van der Waals surface area contributed by atoms with Gasteiger partial charge in [0, 0.05) is 11.3 Å². The Morgan fingerprint density at radius 1 is 1.38 bits per heavy atom. The van der Waals surface area contributed by atoms with E-state index in [9.17, 15) is 0 Å². The van der Waals surface area contributed by atoms with Crippen LogP contribution < -0.4 is 5.32 Å². The van der Waals surface area contributed by atoms with Crippen molar-refractivity contribution in [2.75, 3.05) is 12.3 Å². The van der Waals surface area contributed by atoms with E-state index in [0.717, 1.165) is 17.7 Å². The van der Waals surface area contributed by atoms with E-state index >= 15 is 0 Å². The molecule has 0 aromatic rings. The van der Waals surface area contributed by atoms with Crippen LogP contribution in [0.2, 0.25) is 0 Å². The number of hydrogen-bond donors (Lipinski definition) is 1. The fraction of sp³-hybridized carbons (Fsp3) is 1.00. The molecule has 2 heteroatoms. The molecule has 0 amide bonds. The van der Waals surface area contributed by atoms with E-state index < -0.39 is 0 Å². The SMILES string of the molecule is CCNC(C)CCCSC1CCCC(C)C1. The van der Waals surface area contributed by atoms with Gasteiger partial charge in [0.15, 0.2) is 0 Å². The van der Waals surface area contributed by atoms with Crippen LogP contribution >= 0.6 is 11.8 Å². The van der Waals surface area contributed by atoms with Crippen molar-refractivity contribution in [3.05, 3.63) is 0 Å². The van der Waals surface area contributed by atoms with Crippen LogP contribution in [0.15, 0.2) is 0 Å². The molecule has 96 valence electrons. The van der Waals surface area contributed by atoms with Crippen molar-refractivity contribution in [2.24, 2.45) is 5.92 Å². The van der Waals surface area contributed by atoms with E-state index in [4.69, 9.17) is 0 Å². The van der Waals surface area contributed by atoms with Gasteiger partial charge in [-0.1, -0.05) is 26.7 Å². The molecular formula is C14H29NS. The highest BCUT2D eigenvalue weighted by Crippen LogP contribution is 2.32. The summed E-state index contributed by atoms with van der Waals surface area (Å²) in [5.41, 5.74) is 0. The molecular weight excluding hydrogens is 214 g/mol. The molecule has 1 aliphatic carbocycles. The van der Waals surface area contributed by atoms with Gasteiger partial charge in [-0.05, 0) is 50.8 Å². The molecule has 3 atom stereocenters. The van der Waals surface area contributed by atoms with Crippen LogP contribution in [0, 0.1) is 5.92 Å². The van der Waals surface area contributed by atoms with Crippen molar-refractivity contribution in [1.29, 1.82) is 0 Å². The minimum absolute atomic E-state index is 0.705. The molecule has 16 heavy (non-hydrogen) atoms. The maximum atomic E-state index is 3.48. The minimum atomic E-state index is 0.705. The molecule has 0 aliphatic heterocycles. The molecule has 0 bridgehead atoms. The second-order valence-corrected chi connectivity index (χ2v) is 6.77. The highest BCUT2D eigenvalue weighted by atomic mass is 32.2. The van der Waals surface area contributed by atoms with Crippen molar-refractivity contribution >= 4 is 11.8 Å². The second kappa shape index (κ2) is 8.41. The maximum Gasteiger partial charge on any atom is 0.00495 e. The Morgan fingerprint density at radius 2 is 2.19 bits per heavy atom. The molecule has 1 nitrogen and oxygen atoms in total. The summed E-state index contributed by atoms with van der Waals surface area (Å²) in [7, 11) is 0. The number of rotatable bonds is 7. The molecule has 0 radical (unpaired) electrons. The zero-order chi connectivity index (χ0) is 11.8. The molecule has 0 heterocycles. The lowest BCUT2D eigenvalue weighted by Crippen LogP contribution is -2.25. The predicted octanol–water partition coefficient (Wildman–Crippen LogP) is 4.08. The summed E-state index contributed by atoms with van der Waals surface area (Å²) in [6.45, 7) is 8.01. The summed E-state index contributed by atoms with van der Waals surface area (Å²) in [6.07, 6.45) is 8.58. The smallest absolute Gasteiger partial charge is 0.00495 e. The Kier molecular flexibility index (Phi) is 7.55. The molecule has 1 N–H and O–H groups in total. The van der Waals surface area contributed by atoms with Gasteiger partial charge in [-0.25, -0.2) is 0 Å². The lowest BCUT2D eigenvalue weighted by Gasteiger charge is -2.26. The zero-order valence-electron chi connectivity index (χ0n) is 11.3. The van der Waals surface area contributed by atoms with Gasteiger partial charge in [0.05, 0.1) is 0 Å². The first-order chi connectivity index (χ1) is 7.72. The van der Waals surface area contributed by atoms with E-state index in [0.29, 0.717) is 6.04 Å². The van der Waals surface area contributed by atoms with E-state index in [1.807, 2.05) is 0 Å². The van der Waals surface area contributed by atoms with Gasteiger partial charge in [-0.15, -0.1) is 0 Å². The second-order valence-electron chi connectivity index (χ2n) is 5.37. The van der Waals surface area contributed by atoms with Crippen LogP contribution in [0.25, 0.3) is 0 Å². The summed E-state index contributed by atoms with van der Waals surface area (Å²) in [5.74, 6) is 2.35. The van der Waals surface area contributed by atoms with E-state index in [2.05, 4.69) is 37.8 Å². The van der Waals surface area contributed by atoms with Gasteiger partial charge < -0.3 is 5.32 Å². The Labute approximate surface area is 106 Å². The standard InChI is InChI=1S/C14H29NS/c1-4-15-13(3)8-6-10-16-14-9-5-7-12(2)11-14/h12-15H,4-11H2,1-3H3. The van der Waals surface area contributed by atoms with Crippen LogP contribution in [0.1, 0.15) is 59.3 Å². The fourth-order valence-corrected chi connectivity index (χ4v) is 4.08. The van der Waals surface area contributed by atoms with E-state index in [1.54, 1.807) is 0 Å². The number of nitrogens with one attached hydrogen (secondary N) is 1. The first-order valence-corrected chi connectivity index (χ1v) is 8.12. The molecule has 0 spiro atoms. The summed E-state index contributed by atoms with van der Waals surface area (Å²) in [6, 6.07) is 0.705. The zero-order valence-corrected chi connectivity index (χ0v) is 12.1. The van der Waals surface area contributed by atoms with E-state index in [1.165, 1.54) is 44.3 Å². The van der Waals surface area contributed by atoms with Crippen molar-refractivity contribution in [3.63, 3.8) is 0 Å². The predicted molar refractivity (Wildman–Crippen MR) is 76.3 cm³/mol. The van der Waals surface area contributed by atoms with E-state index in [-0.39, 0.29) is 0 Å². The van der Waals surface area contributed by atoms with Gasteiger partial charge in [-0.3, -0.25) is 0 Å². The molecule has 0 aromatic carbocycles. The molecule has 0 saturated heterocycles. The third-order valence-corrected chi connectivity index (χ3v) is 5.00. The maximum absolute atomic E-state index is 3.48. The third-order valence-electron chi connectivity index (χ3n) is 3.58. The third kappa shape index (κ3) is 6.15. The largest absolute Gasteiger partial charge is 0.315 e. The first-order valence-electron chi connectivity index (χ1n) is 7.07. The average molecular weight is 243 g/mol. The van der Waals surface area contributed by atoms with Gasteiger partial charge >= 0.3 is 0 Å². The Morgan fingerprint density at radius 3 is 2.88 bits per heavy atom. The minimum Gasteiger partial charge on any atom is -0.315 e. The quantitative estimate of drug-likeness (QED) is 0.676. The summed E-state index contributed by atoms with van der Waals surface area (Å²) < 4.78 is 0. The van der Waals surface area contributed by atoms with Gasteiger partial charge in [0.25, 0.3) is 0 Å². The molecule has 3 unspecified atom stereocenters. The Bertz CT molecular complexity index is 172. The van der Waals surface area contributed by atoms with Crippen LogP contribution in [-0.4, -0.2) is 23.6 Å². The van der Waals surface area contributed by atoms with Crippen molar-refractivity contribution in [2.45, 2.75) is 70.6 Å². The normalized spacial score (nSPS) is 27.9.